The van der Waals surface area contributed by atoms with Crippen LogP contribution in [0, 0.1) is 13.8 Å². The first kappa shape index (κ1) is 19.2. The molecule has 1 aliphatic rings. The molecular formula is C21H23N3O2S2. The third kappa shape index (κ3) is 3.49. The number of carbonyl (C=O) groups excluding carboxylic acids is 1. The number of rotatable bonds is 5. The summed E-state index contributed by atoms with van der Waals surface area (Å²) in [6, 6.07) is 6.04. The van der Waals surface area contributed by atoms with E-state index in [1.807, 2.05) is 30.9 Å². The van der Waals surface area contributed by atoms with E-state index < -0.39 is 0 Å². The van der Waals surface area contributed by atoms with Gasteiger partial charge in [0.2, 0.25) is 0 Å². The summed E-state index contributed by atoms with van der Waals surface area (Å²) in [6.07, 6.45) is 3.59. The van der Waals surface area contributed by atoms with Gasteiger partial charge in [-0.15, -0.1) is 23.1 Å². The van der Waals surface area contributed by atoms with Crippen LogP contribution in [0.25, 0.3) is 0 Å². The van der Waals surface area contributed by atoms with E-state index in [0.717, 1.165) is 41.4 Å². The van der Waals surface area contributed by atoms with E-state index in [2.05, 4.69) is 28.5 Å². The molecule has 0 N–H and O–H groups in total. The SMILES string of the molecule is CCC1c2ccsc2CCN1C(=O)c1cccnc1SCc1c(C)noc1C. The predicted molar refractivity (Wildman–Crippen MR) is 112 cm³/mol. The van der Waals surface area contributed by atoms with E-state index >= 15 is 0 Å². The fourth-order valence-corrected chi connectivity index (χ4v) is 5.82. The van der Waals surface area contributed by atoms with Crippen LogP contribution in [0.2, 0.25) is 0 Å². The second-order valence-electron chi connectivity index (χ2n) is 6.92. The van der Waals surface area contributed by atoms with Crippen molar-refractivity contribution in [3.05, 3.63) is 62.8 Å². The molecule has 4 heterocycles. The van der Waals surface area contributed by atoms with Gasteiger partial charge in [-0.2, -0.15) is 0 Å². The number of nitrogens with zero attached hydrogens (tertiary/aromatic N) is 3. The average molecular weight is 414 g/mol. The maximum atomic E-state index is 13.5. The van der Waals surface area contributed by atoms with Gasteiger partial charge in [0, 0.05) is 28.9 Å². The van der Waals surface area contributed by atoms with Crippen LogP contribution < -0.4 is 0 Å². The maximum Gasteiger partial charge on any atom is 0.257 e. The maximum absolute atomic E-state index is 13.5. The van der Waals surface area contributed by atoms with Gasteiger partial charge in [0.1, 0.15) is 10.8 Å². The van der Waals surface area contributed by atoms with Gasteiger partial charge >= 0.3 is 0 Å². The average Bonchev–Trinajstić information content (AvgIpc) is 3.32. The molecule has 0 saturated carbocycles. The Balaban J connectivity index is 1.58. The lowest BCUT2D eigenvalue weighted by atomic mass is 9.97. The molecule has 0 saturated heterocycles. The summed E-state index contributed by atoms with van der Waals surface area (Å²) in [5.41, 5.74) is 3.94. The van der Waals surface area contributed by atoms with Gasteiger partial charge in [-0.1, -0.05) is 12.1 Å². The summed E-state index contributed by atoms with van der Waals surface area (Å²) >= 11 is 3.36. The number of pyridine rings is 1. The molecule has 7 heteroatoms. The highest BCUT2D eigenvalue weighted by atomic mass is 32.2. The number of carbonyl (C=O) groups is 1. The highest BCUT2D eigenvalue weighted by molar-refractivity contribution is 7.98. The Kier molecular flexibility index (Phi) is 5.55. The summed E-state index contributed by atoms with van der Waals surface area (Å²) in [7, 11) is 0. The standard InChI is InChI=1S/C21H23N3O2S2/c1-4-18-15-8-11-27-19(15)7-10-24(18)21(25)16-6-5-9-22-20(16)28-12-17-13(2)23-26-14(17)3/h5-6,8-9,11,18H,4,7,10,12H2,1-3H3. The monoisotopic (exact) mass is 413 g/mol. The van der Waals surface area contributed by atoms with Crippen LogP contribution >= 0.6 is 23.1 Å². The summed E-state index contributed by atoms with van der Waals surface area (Å²) in [4.78, 5) is 21.4. The smallest absolute Gasteiger partial charge is 0.257 e. The second-order valence-corrected chi connectivity index (χ2v) is 8.88. The fourth-order valence-electron chi connectivity index (χ4n) is 3.75. The lowest BCUT2D eigenvalue weighted by molar-refractivity contribution is 0.0653. The van der Waals surface area contributed by atoms with Crippen molar-refractivity contribution >= 4 is 29.0 Å². The molecule has 1 unspecified atom stereocenters. The molecule has 146 valence electrons. The minimum Gasteiger partial charge on any atom is -0.361 e. The Hall–Kier alpha value is -2.12. The first-order chi connectivity index (χ1) is 13.6. The lowest BCUT2D eigenvalue weighted by Gasteiger charge is -2.35. The van der Waals surface area contributed by atoms with Crippen molar-refractivity contribution in [2.75, 3.05) is 6.54 Å². The van der Waals surface area contributed by atoms with Crippen LogP contribution in [0.3, 0.4) is 0 Å². The number of aryl methyl sites for hydroxylation is 2. The number of aromatic nitrogens is 2. The Bertz CT molecular complexity index is 976. The molecule has 0 bridgehead atoms. The first-order valence-corrected chi connectivity index (χ1v) is 11.3. The van der Waals surface area contributed by atoms with Crippen LogP contribution in [0.5, 0.6) is 0 Å². The second kappa shape index (κ2) is 8.09. The zero-order valence-corrected chi connectivity index (χ0v) is 17.9. The number of hydrogen-bond donors (Lipinski definition) is 0. The van der Waals surface area contributed by atoms with E-state index in [-0.39, 0.29) is 11.9 Å². The highest BCUT2D eigenvalue weighted by Crippen LogP contribution is 2.37. The van der Waals surface area contributed by atoms with Gasteiger partial charge in [0.15, 0.2) is 0 Å². The van der Waals surface area contributed by atoms with E-state index in [1.165, 1.54) is 10.4 Å². The van der Waals surface area contributed by atoms with Gasteiger partial charge in [0.05, 0.1) is 17.3 Å². The van der Waals surface area contributed by atoms with Crippen molar-refractivity contribution in [1.82, 2.24) is 15.0 Å². The summed E-state index contributed by atoms with van der Waals surface area (Å²) in [5.74, 6) is 1.57. The van der Waals surface area contributed by atoms with E-state index in [4.69, 9.17) is 4.52 Å². The topological polar surface area (TPSA) is 59.2 Å². The third-order valence-electron chi connectivity index (χ3n) is 5.28. The summed E-state index contributed by atoms with van der Waals surface area (Å²) in [5, 5.41) is 6.91. The fraction of sp³-hybridized carbons (Fsp3) is 0.381. The van der Waals surface area contributed by atoms with E-state index in [9.17, 15) is 4.79 Å². The molecular weight excluding hydrogens is 390 g/mol. The van der Waals surface area contributed by atoms with Crippen molar-refractivity contribution in [3.8, 4) is 0 Å². The van der Waals surface area contributed by atoms with Crippen LogP contribution in [-0.4, -0.2) is 27.5 Å². The zero-order valence-electron chi connectivity index (χ0n) is 16.3. The number of amides is 1. The van der Waals surface area contributed by atoms with E-state index in [1.54, 1.807) is 29.3 Å². The normalized spacial score (nSPS) is 16.2. The molecule has 0 fully saturated rings. The molecule has 0 spiro atoms. The molecule has 1 atom stereocenters. The van der Waals surface area contributed by atoms with Crippen LogP contribution in [0.1, 0.15) is 57.2 Å². The molecule has 4 rings (SSSR count). The molecule has 5 nitrogen and oxygen atoms in total. The number of hydrogen-bond acceptors (Lipinski definition) is 6. The molecule has 1 aliphatic heterocycles. The Morgan fingerprint density at radius 2 is 2.25 bits per heavy atom. The van der Waals surface area contributed by atoms with Gasteiger partial charge in [-0.3, -0.25) is 4.79 Å². The van der Waals surface area contributed by atoms with Crippen LogP contribution in [0.15, 0.2) is 39.3 Å². The van der Waals surface area contributed by atoms with Gasteiger partial charge in [-0.25, -0.2) is 4.98 Å². The molecule has 3 aromatic rings. The minimum absolute atomic E-state index is 0.0677. The third-order valence-corrected chi connectivity index (χ3v) is 7.31. The molecule has 1 amide bonds. The first-order valence-electron chi connectivity index (χ1n) is 9.47. The molecule has 0 aromatic carbocycles. The summed E-state index contributed by atoms with van der Waals surface area (Å²) in [6.45, 7) is 6.76. The van der Waals surface area contributed by atoms with Crippen molar-refractivity contribution in [1.29, 1.82) is 0 Å². The minimum atomic E-state index is 0.0677. The summed E-state index contributed by atoms with van der Waals surface area (Å²) < 4.78 is 5.25. The number of thioether (sulfide) groups is 1. The lowest BCUT2D eigenvalue weighted by Crippen LogP contribution is -2.39. The number of fused-ring (bicyclic) bond motifs is 1. The van der Waals surface area contributed by atoms with Gasteiger partial charge in [-0.05, 0) is 55.8 Å². The van der Waals surface area contributed by atoms with Gasteiger partial charge < -0.3 is 9.42 Å². The Morgan fingerprint density at radius 1 is 1.39 bits per heavy atom. The van der Waals surface area contributed by atoms with Crippen molar-refractivity contribution in [2.24, 2.45) is 0 Å². The van der Waals surface area contributed by atoms with Crippen molar-refractivity contribution in [2.45, 2.75) is 50.4 Å². The zero-order chi connectivity index (χ0) is 19.7. The molecule has 28 heavy (non-hydrogen) atoms. The predicted octanol–water partition coefficient (Wildman–Crippen LogP) is 5.19. The molecule has 3 aromatic heterocycles. The van der Waals surface area contributed by atoms with Crippen molar-refractivity contribution in [3.63, 3.8) is 0 Å². The number of thiophene rings is 1. The highest BCUT2D eigenvalue weighted by Gasteiger charge is 2.32. The molecule has 0 aliphatic carbocycles. The van der Waals surface area contributed by atoms with Crippen molar-refractivity contribution < 1.29 is 9.32 Å². The molecule has 0 radical (unpaired) electrons. The Labute approximate surface area is 173 Å². The van der Waals surface area contributed by atoms with Gasteiger partial charge in [0.25, 0.3) is 5.91 Å². The quantitative estimate of drug-likeness (QED) is 0.539. The Morgan fingerprint density at radius 3 is 3.00 bits per heavy atom. The van der Waals surface area contributed by atoms with Crippen LogP contribution in [-0.2, 0) is 12.2 Å². The largest absolute Gasteiger partial charge is 0.361 e. The van der Waals surface area contributed by atoms with Crippen LogP contribution in [0.4, 0.5) is 0 Å². The van der Waals surface area contributed by atoms with E-state index in [0.29, 0.717) is 11.3 Å².